The average molecular weight is 347 g/mol. The second-order valence-electron chi connectivity index (χ2n) is 6.83. The summed E-state index contributed by atoms with van der Waals surface area (Å²) in [5, 5.41) is 6.15. The number of ether oxygens (including phenoxy) is 2. The molecule has 0 spiro atoms. The van der Waals surface area contributed by atoms with Crippen LogP contribution in [-0.4, -0.2) is 56.9 Å². The zero-order valence-corrected chi connectivity index (χ0v) is 15.2. The van der Waals surface area contributed by atoms with Gasteiger partial charge in [-0.3, -0.25) is 4.90 Å². The first kappa shape index (κ1) is 17.9. The number of amides is 2. The van der Waals surface area contributed by atoms with E-state index in [2.05, 4.69) is 15.5 Å². The molecule has 0 radical (unpaired) electrons. The first-order valence-electron chi connectivity index (χ1n) is 9.20. The average Bonchev–Trinajstić information content (AvgIpc) is 3.04. The fraction of sp³-hybridized carbons (Fsp3) is 0.632. The summed E-state index contributed by atoms with van der Waals surface area (Å²) in [6.07, 6.45) is 5.60. The fourth-order valence-corrected chi connectivity index (χ4v) is 3.99. The SMILES string of the molecule is COc1ccc(CCNC(=O)NC2CCN3CCCCC23)cc1OC. The number of benzene rings is 1. The second-order valence-corrected chi connectivity index (χ2v) is 6.83. The van der Waals surface area contributed by atoms with Crippen LogP contribution < -0.4 is 20.1 Å². The Hall–Kier alpha value is -1.95. The first-order chi connectivity index (χ1) is 12.2. The molecule has 3 rings (SSSR count). The van der Waals surface area contributed by atoms with Crippen LogP contribution in [0.1, 0.15) is 31.2 Å². The van der Waals surface area contributed by atoms with Crippen molar-refractivity contribution in [2.24, 2.45) is 0 Å². The number of carbonyl (C=O) groups is 1. The summed E-state index contributed by atoms with van der Waals surface area (Å²) in [5.74, 6) is 1.43. The van der Waals surface area contributed by atoms with Crippen molar-refractivity contribution >= 4 is 6.03 Å². The van der Waals surface area contributed by atoms with Crippen LogP contribution in [0.5, 0.6) is 11.5 Å². The van der Waals surface area contributed by atoms with E-state index in [1.54, 1.807) is 14.2 Å². The van der Waals surface area contributed by atoms with E-state index in [1.807, 2.05) is 18.2 Å². The molecule has 6 heteroatoms. The van der Waals surface area contributed by atoms with E-state index >= 15 is 0 Å². The molecule has 138 valence electrons. The Morgan fingerprint density at radius 1 is 1.16 bits per heavy atom. The Morgan fingerprint density at radius 3 is 2.80 bits per heavy atom. The molecule has 2 unspecified atom stereocenters. The number of urea groups is 1. The largest absolute Gasteiger partial charge is 0.493 e. The minimum absolute atomic E-state index is 0.0575. The van der Waals surface area contributed by atoms with Gasteiger partial charge in [-0.1, -0.05) is 12.5 Å². The predicted molar refractivity (Wildman–Crippen MR) is 97.4 cm³/mol. The van der Waals surface area contributed by atoms with Crippen molar-refractivity contribution < 1.29 is 14.3 Å². The van der Waals surface area contributed by atoms with Crippen molar-refractivity contribution in [1.29, 1.82) is 0 Å². The van der Waals surface area contributed by atoms with Gasteiger partial charge in [-0.2, -0.15) is 0 Å². The van der Waals surface area contributed by atoms with Crippen LogP contribution >= 0.6 is 0 Å². The third-order valence-corrected chi connectivity index (χ3v) is 5.32. The highest BCUT2D eigenvalue weighted by atomic mass is 16.5. The lowest BCUT2D eigenvalue weighted by molar-refractivity contribution is 0.179. The molecule has 2 saturated heterocycles. The number of nitrogens with zero attached hydrogens (tertiary/aromatic N) is 1. The highest BCUT2D eigenvalue weighted by Crippen LogP contribution is 2.28. The summed E-state index contributed by atoms with van der Waals surface area (Å²) in [5.41, 5.74) is 1.11. The molecule has 6 nitrogen and oxygen atoms in total. The lowest BCUT2D eigenvalue weighted by Gasteiger charge is -2.32. The minimum Gasteiger partial charge on any atom is -0.493 e. The Kier molecular flexibility index (Phi) is 6.02. The number of hydrogen-bond acceptors (Lipinski definition) is 4. The lowest BCUT2D eigenvalue weighted by atomic mass is 9.99. The number of rotatable bonds is 6. The van der Waals surface area contributed by atoms with Crippen molar-refractivity contribution in [3.8, 4) is 11.5 Å². The van der Waals surface area contributed by atoms with Gasteiger partial charge in [0.25, 0.3) is 0 Å². The molecule has 0 aromatic heterocycles. The zero-order valence-electron chi connectivity index (χ0n) is 15.2. The summed E-state index contributed by atoms with van der Waals surface area (Å²) in [6.45, 7) is 2.90. The highest BCUT2D eigenvalue weighted by molar-refractivity contribution is 5.74. The smallest absolute Gasteiger partial charge is 0.315 e. The van der Waals surface area contributed by atoms with Gasteiger partial charge in [0.15, 0.2) is 11.5 Å². The number of carbonyl (C=O) groups excluding carboxylic acids is 1. The van der Waals surface area contributed by atoms with E-state index < -0.39 is 0 Å². The second kappa shape index (κ2) is 8.43. The third-order valence-electron chi connectivity index (χ3n) is 5.32. The number of nitrogens with one attached hydrogen (secondary N) is 2. The Labute approximate surface area is 149 Å². The van der Waals surface area contributed by atoms with Crippen LogP contribution in [0.25, 0.3) is 0 Å². The lowest BCUT2D eigenvalue weighted by Crippen LogP contribution is -2.49. The van der Waals surface area contributed by atoms with Crippen LogP contribution in [0.15, 0.2) is 18.2 Å². The van der Waals surface area contributed by atoms with Crippen LogP contribution in [-0.2, 0) is 6.42 Å². The van der Waals surface area contributed by atoms with Crippen molar-refractivity contribution in [3.05, 3.63) is 23.8 Å². The Bertz CT molecular complexity index is 593. The fourth-order valence-electron chi connectivity index (χ4n) is 3.99. The van der Waals surface area contributed by atoms with Gasteiger partial charge in [0.1, 0.15) is 0 Å². The maximum atomic E-state index is 12.2. The van der Waals surface area contributed by atoms with Gasteiger partial charge in [-0.25, -0.2) is 4.79 Å². The van der Waals surface area contributed by atoms with Crippen molar-refractivity contribution in [2.45, 2.75) is 44.2 Å². The van der Waals surface area contributed by atoms with Crippen molar-refractivity contribution in [2.75, 3.05) is 33.9 Å². The molecule has 2 aliphatic rings. The summed E-state index contributed by atoms with van der Waals surface area (Å²) in [6, 6.07) is 6.61. The monoisotopic (exact) mass is 347 g/mol. The molecule has 0 saturated carbocycles. The van der Waals surface area contributed by atoms with Crippen molar-refractivity contribution in [1.82, 2.24) is 15.5 Å². The van der Waals surface area contributed by atoms with E-state index in [9.17, 15) is 4.79 Å². The quantitative estimate of drug-likeness (QED) is 0.828. The summed E-state index contributed by atoms with van der Waals surface area (Å²) < 4.78 is 10.6. The number of piperidine rings is 1. The van der Waals surface area contributed by atoms with Crippen LogP contribution in [0, 0.1) is 0 Å². The summed E-state index contributed by atoms with van der Waals surface area (Å²) in [4.78, 5) is 14.7. The van der Waals surface area contributed by atoms with E-state index in [1.165, 1.54) is 25.8 Å². The third kappa shape index (κ3) is 4.37. The van der Waals surface area contributed by atoms with Crippen LogP contribution in [0.4, 0.5) is 4.79 Å². The Balaban J connectivity index is 1.43. The highest BCUT2D eigenvalue weighted by Gasteiger charge is 2.36. The predicted octanol–water partition coefficient (Wildman–Crippen LogP) is 2.17. The maximum absolute atomic E-state index is 12.2. The van der Waals surface area contributed by atoms with Gasteiger partial charge in [-0.05, 0) is 49.9 Å². The normalized spacial score (nSPS) is 23.0. The minimum atomic E-state index is -0.0575. The molecule has 0 bridgehead atoms. The van der Waals surface area contributed by atoms with Crippen molar-refractivity contribution in [3.63, 3.8) is 0 Å². The molecular formula is C19H29N3O3. The number of hydrogen-bond donors (Lipinski definition) is 2. The zero-order chi connectivity index (χ0) is 17.6. The molecule has 1 aromatic carbocycles. The van der Waals surface area contributed by atoms with Gasteiger partial charge in [0, 0.05) is 25.2 Å². The van der Waals surface area contributed by atoms with Gasteiger partial charge < -0.3 is 20.1 Å². The van der Waals surface area contributed by atoms with Gasteiger partial charge in [0.2, 0.25) is 0 Å². The molecule has 2 aliphatic heterocycles. The molecule has 2 N–H and O–H groups in total. The van der Waals surface area contributed by atoms with E-state index in [-0.39, 0.29) is 6.03 Å². The molecule has 2 amide bonds. The molecule has 2 heterocycles. The van der Waals surface area contributed by atoms with E-state index in [0.29, 0.717) is 24.4 Å². The molecule has 1 aromatic rings. The molecule has 2 atom stereocenters. The van der Waals surface area contributed by atoms with Crippen LogP contribution in [0.3, 0.4) is 0 Å². The molecular weight excluding hydrogens is 318 g/mol. The standard InChI is InChI=1S/C19H29N3O3/c1-24-17-7-6-14(13-18(17)25-2)8-10-20-19(23)21-15-9-12-22-11-4-3-5-16(15)22/h6-7,13,15-16H,3-5,8-12H2,1-2H3,(H2,20,21,23). The Morgan fingerprint density at radius 2 is 2.00 bits per heavy atom. The molecule has 0 aliphatic carbocycles. The van der Waals surface area contributed by atoms with E-state index in [4.69, 9.17) is 9.47 Å². The molecule has 25 heavy (non-hydrogen) atoms. The van der Waals surface area contributed by atoms with Gasteiger partial charge in [-0.15, -0.1) is 0 Å². The topological polar surface area (TPSA) is 62.8 Å². The number of fused-ring (bicyclic) bond motifs is 1. The first-order valence-corrected chi connectivity index (χ1v) is 9.20. The van der Waals surface area contributed by atoms with Gasteiger partial charge >= 0.3 is 6.03 Å². The van der Waals surface area contributed by atoms with Crippen LogP contribution in [0.2, 0.25) is 0 Å². The maximum Gasteiger partial charge on any atom is 0.315 e. The number of methoxy groups -OCH3 is 2. The molecule has 2 fully saturated rings. The summed E-state index contributed by atoms with van der Waals surface area (Å²) in [7, 11) is 3.25. The summed E-state index contributed by atoms with van der Waals surface area (Å²) >= 11 is 0. The van der Waals surface area contributed by atoms with Gasteiger partial charge in [0.05, 0.1) is 14.2 Å². The van der Waals surface area contributed by atoms with E-state index in [0.717, 1.165) is 30.7 Å².